The molecule has 1 aliphatic rings. The van der Waals surface area contributed by atoms with Crippen molar-refractivity contribution in [3.8, 4) is 0 Å². The molecule has 0 unspecified atom stereocenters. The second-order valence-electron chi connectivity index (χ2n) is 6.00. The molecule has 0 heterocycles. The molecule has 0 aromatic heterocycles. The van der Waals surface area contributed by atoms with E-state index in [2.05, 4.69) is 13.8 Å². The molecule has 1 fully saturated rings. The van der Waals surface area contributed by atoms with E-state index in [1.165, 1.54) is 12.1 Å². The predicted octanol–water partition coefficient (Wildman–Crippen LogP) is 3.18. The molecule has 0 radical (unpaired) electrons. The molecule has 4 nitrogen and oxygen atoms in total. The summed E-state index contributed by atoms with van der Waals surface area (Å²) in [6.07, 6.45) is 2.09. The summed E-state index contributed by atoms with van der Waals surface area (Å²) < 4.78 is 22.7. The van der Waals surface area contributed by atoms with Gasteiger partial charge in [-0.25, -0.2) is 8.42 Å². The zero-order valence-electron chi connectivity index (χ0n) is 12.5. The van der Waals surface area contributed by atoms with Gasteiger partial charge in [0.05, 0.1) is 4.90 Å². The first-order chi connectivity index (χ1) is 9.70. The standard InChI is InChI=1S/C15H20ClNO3S/c1-10(2)9-17(12-4-5-12)15(18)14-7-6-13(8-11(14)3)21(16,19)20/h6-8,10,12H,4-5,9H2,1-3H3. The molecule has 2 rings (SSSR count). The predicted molar refractivity (Wildman–Crippen MR) is 83.1 cm³/mol. The van der Waals surface area contributed by atoms with E-state index in [9.17, 15) is 13.2 Å². The van der Waals surface area contributed by atoms with Gasteiger partial charge in [-0.3, -0.25) is 4.79 Å². The number of halogens is 1. The van der Waals surface area contributed by atoms with E-state index in [4.69, 9.17) is 10.7 Å². The number of aryl methyl sites for hydroxylation is 1. The third-order valence-corrected chi connectivity index (χ3v) is 4.87. The highest BCUT2D eigenvalue weighted by Crippen LogP contribution is 2.30. The summed E-state index contributed by atoms with van der Waals surface area (Å²) in [6, 6.07) is 4.73. The van der Waals surface area contributed by atoms with Gasteiger partial charge in [-0.2, -0.15) is 0 Å². The van der Waals surface area contributed by atoms with E-state index in [1.807, 2.05) is 4.90 Å². The SMILES string of the molecule is Cc1cc(S(=O)(=O)Cl)ccc1C(=O)N(CC(C)C)C1CC1. The normalized spacial score (nSPS) is 15.3. The monoisotopic (exact) mass is 329 g/mol. The van der Waals surface area contributed by atoms with E-state index >= 15 is 0 Å². The minimum atomic E-state index is -3.76. The zero-order valence-corrected chi connectivity index (χ0v) is 14.0. The van der Waals surface area contributed by atoms with Crippen LogP contribution in [0.1, 0.15) is 42.6 Å². The van der Waals surface area contributed by atoms with Crippen molar-refractivity contribution in [3.05, 3.63) is 29.3 Å². The summed E-state index contributed by atoms with van der Waals surface area (Å²) in [5.74, 6) is 0.375. The highest BCUT2D eigenvalue weighted by atomic mass is 35.7. The first-order valence-corrected chi connectivity index (χ1v) is 9.37. The fourth-order valence-electron chi connectivity index (χ4n) is 2.36. The smallest absolute Gasteiger partial charge is 0.261 e. The molecule has 1 aliphatic carbocycles. The Kier molecular flexibility index (Phi) is 4.63. The van der Waals surface area contributed by atoms with Gasteiger partial charge in [-0.05, 0) is 49.4 Å². The van der Waals surface area contributed by atoms with Gasteiger partial charge < -0.3 is 4.90 Å². The highest BCUT2D eigenvalue weighted by Gasteiger charge is 2.33. The van der Waals surface area contributed by atoms with Crippen LogP contribution in [0.25, 0.3) is 0 Å². The Morgan fingerprint density at radius 2 is 2.00 bits per heavy atom. The number of hydrogen-bond donors (Lipinski definition) is 0. The minimum absolute atomic E-state index is 0.0257. The number of carbonyl (C=O) groups is 1. The summed E-state index contributed by atoms with van der Waals surface area (Å²) in [5.41, 5.74) is 1.18. The first-order valence-electron chi connectivity index (χ1n) is 7.06. The fourth-order valence-corrected chi connectivity index (χ4v) is 3.20. The summed E-state index contributed by atoms with van der Waals surface area (Å²) in [4.78, 5) is 14.6. The van der Waals surface area contributed by atoms with Crippen molar-refractivity contribution in [2.75, 3.05) is 6.54 Å². The number of benzene rings is 1. The van der Waals surface area contributed by atoms with Crippen LogP contribution in [0, 0.1) is 12.8 Å². The molecule has 0 atom stereocenters. The van der Waals surface area contributed by atoms with E-state index in [0.29, 0.717) is 23.1 Å². The lowest BCUT2D eigenvalue weighted by Crippen LogP contribution is -2.36. The van der Waals surface area contributed by atoms with Crippen molar-refractivity contribution in [2.45, 2.75) is 44.6 Å². The average Bonchev–Trinajstić information content (AvgIpc) is 3.18. The van der Waals surface area contributed by atoms with Gasteiger partial charge in [0.1, 0.15) is 0 Å². The number of amides is 1. The summed E-state index contributed by atoms with van der Waals surface area (Å²) in [5, 5.41) is 0. The largest absolute Gasteiger partial charge is 0.335 e. The molecule has 116 valence electrons. The van der Waals surface area contributed by atoms with Gasteiger partial charge in [0.2, 0.25) is 0 Å². The van der Waals surface area contributed by atoms with Gasteiger partial charge >= 0.3 is 0 Å². The molecule has 0 saturated heterocycles. The number of rotatable bonds is 5. The molecule has 6 heteroatoms. The number of carbonyl (C=O) groups excluding carboxylic acids is 1. The maximum atomic E-state index is 12.7. The molecule has 1 aromatic carbocycles. The number of hydrogen-bond acceptors (Lipinski definition) is 3. The lowest BCUT2D eigenvalue weighted by Gasteiger charge is -2.25. The van der Waals surface area contributed by atoms with Gasteiger partial charge in [0.25, 0.3) is 15.0 Å². The second kappa shape index (κ2) is 5.97. The lowest BCUT2D eigenvalue weighted by atomic mass is 10.1. The molecular weight excluding hydrogens is 310 g/mol. The van der Waals surface area contributed by atoms with Crippen molar-refractivity contribution in [1.29, 1.82) is 0 Å². The van der Waals surface area contributed by atoms with Crippen LogP contribution in [0.4, 0.5) is 0 Å². The molecule has 1 aromatic rings. The van der Waals surface area contributed by atoms with Crippen molar-refractivity contribution < 1.29 is 13.2 Å². The van der Waals surface area contributed by atoms with E-state index in [1.54, 1.807) is 13.0 Å². The third kappa shape index (κ3) is 3.98. The van der Waals surface area contributed by atoms with E-state index in [-0.39, 0.29) is 10.8 Å². The summed E-state index contributed by atoms with van der Waals surface area (Å²) in [6.45, 7) is 6.62. The van der Waals surface area contributed by atoms with Crippen LogP contribution >= 0.6 is 10.7 Å². The Hall–Kier alpha value is -1.07. The van der Waals surface area contributed by atoms with Gasteiger partial charge in [0, 0.05) is 28.8 Å². The molecular formula is C15H20ClNO3S. The molecule has 0 bridgehead atoms. The second-order valence-corrected chi connectivity index (χ2v) is 8.56. The molecule has 0 spiro atoms. The summed E-state index contributed by atoms with van der Waals surface area (Å²) in [7, 11) is 1.57. The zero-order chi connectivity index (χ0) is 15.8. The maximum Gasteiger partial charge on any atom is 0.261 e. The Balaban J connectivity index is 2.30. The van der Waals surface area contributed by atoms with Crippen molar-refractivity contribution in [2.24, 2.45) is 5.92 Å². The quantitative estimate of drug-likeness (QED) is 0.780. The van der Waals surface area contributed by atoms with Crippen molar-refractivity contribution in [3.63, 3.8) is 0 Å². The van der Waals surface area contributed by atoms with Gasteiger partial charge in [-0.15, -0.1) is 0 Å². The molecule has 21 heavy (non-hydrogen) atoms. The van der Waals surface area contributed by atoms with Crippen LogP contribution in [0.2, 0.25) is 0 Å². The van der Waals surface area contributed by atoms with Crippen LogP contribution in [0.5, 0.6) is 0 Å². The van der Waals surface area contributed by atoms with Gasteiger partial charge in [0.15, 0.2) is 0 Å². The van der Waals surface area contributed by atoms with Crippen LogP contribution in [-0.2, 0) is 9.05 Å². The molecule has 1 amide bonds. The molecule has 1 saturated carbocycles. The minimum Gasteiger partial charge on any atom is -0.335 e. The Bertz CT molecular complexity index is 651. The lowest BCUT2D eigenvalue weighted by molar-refractivity contribution is 0.0721. The summed E-state index contributed by atoms with van der Waals surface area (Å²) >= 11 is 0. The van der Waals surface area contributed by atoms with Crippen LogP contribution in [0.15, 0.2) is 23.1 Å². The molecule has 0 aliphatic heterocycles. The first kappa shape index (κ1) is 16.3. The Morgan fingerprint density at radius 3 is 2.43 bits per heavy atom. The van der Waals surface area contributed by atoms with Crippen molar-refractivity contribution >= 4 is 25.6 Å². The van der Waals surface area contributed by atoms with Gasteiger partial charge in [-0.1, -0.05) is 13.8 Å². The van der Waals surface area contributed by atoms with Crippen molar-refractivity contribution in [1.82, 2.24) is 4.90 Å². The van der Waals surface area contributed by atoms with E-state index in [0.717, 1.165) is 19.4 Å². The topological polar surface area (TPSA) is 54.5 Å². The third-order valence-electron chi connectivity index (χ3n) is 3.52. The number of nitrogens with zero attached hydrogens (tertiary/aromatic N) is 1. The average molecular weight is 330 g/mol. The molecule has 0 N–H and O–H groups in total. The van der Waals surface area contributed by atoms with Crippen LogP contribution < -0.4 is 0 Å². The van der Waals surface area contributed by atoms with Crippen LogP contribution in [-0.4, -0.2) is 31.8 Å². The Labute approximate surface area is 130 Å². The van der Waals surface area contributed by atoms with Crippen LogP contribution in [0.3, 0.4) is 0 Å². The fraction of sp³-hybridized carbons (Fsp3) is 0.533. The maximum absolute atomic E-state index is 12.7. The van der Waals surface area contributed by atoms with E-state index < -0.39 is 9.05 Å². The highest BCUT2D eigenvalue weighted by molar-refractivity contribution is 8.13. The Morgan fingerprint density at radius 1 is 1.38 bits per heavy atom.